The van der Waals surface area contributed by atoms with Crippen molar-refractivity contribution >= 4 is 27.6 Å². The number of para-hydroxylation sites is 1. The van der Waals surface area contributed by atoms with Gasteiger partial charge in [-0.25, -0.2) is 13.2 Å². The molecule has 0 radical (unpaired) electrons. The highest BCUT2D eigenvalue weighted by Crippen LogP contribution is 2.18. The number of carbonyl (C=O) groups excluding carboxylic acids is 2. The van der Waals surface area contributed by atoms with E-state index in [9.17, 15) is 18.0 Å². The van der Waals surface area contributed by atoms with Crippen molar-refractivity contribution in [2.45, 2.75) is 20.4 Å². The number of nitrogens with one attached hydrogen (secondary N) is 1. The summed E-state index contributed by atoms with van der Waals surface area (Å²) in [5.41, 5.74) is 2.23. The average Bonchev–Trinajstić information content (AvgIpc) is 2.80. The zero-order chi connectivity index (χ0) is 23.1. The lowest BCUT2D eigenvalue weighted by Gasteiger charge is -2.33. The van der Waals surface area contributed by atoms with Gasteiger partial charge in [0.15, 0.2) is 0 Å². The van der Waals surface area contributed by atoms with E-state index in [0.29, 0.717) is 49.5 Å². The van der Waals surface area contributed by atoms with Gasteiger partial charge in [0.05, 0.1) is 23.6 Å². The molecule has 1 aliphatic rings. The Hall–Kier alpha value is -2.75. The maximum atomic E-state index is 12.7. The number of hydrogen-bond acceptors (Lipinski definition) is 6. The Balaban J connectivity index is 1.59. The molecule has 3 rings (SSSR count). The monoisotopic (exact) mass is 459 g/mol. The van der Waals surface area contributed by atoms with E-state index in [4.69, 9.17) is 4.74 Å². The summed E-state index contributed by atoms with van der Waals surface area (Å²) in [6.07, 6.45) is 0. The maximum absolute atomic E-state index is 12.7. The summed E-state index contributed by atoms with van der Waals surface area (Å²) in [5, 5.41) is 2.78. The van der Waals surface area contributed by atoms with Crippen LogP contribution >= 0.6 is 0 Å². The van der Waals surface area contributed by atoms with Crippen LogP contribution in [-0.4, -0.2) is 68.0 Å². The molecule has 0 unspecified atom stereocenters. The Morgan fingerprint density at radius 1 is 0.969 bits per heavy atom. The van der Waals surface area contributed by atoms with Crippen LogP contribution in [0.25, 0.3) is 0 Å². The largest absolute Gasteiger partial charge is 0.462 e. The third-order valence-corrected chi connectivity index (χ3v) is 7.26. The fourth-order valence-corrected chi connectivity index (χ4v) is 4.63. The second kappa shape index (κ2) is 10.7. The molecular formula is C23H29N3O5S. The summed E-state index contributed by atoms with van der Waals surface area (Å²) in [5.74, 6) is -0.668. The molecule has 2 aromatic carbocycles. The SMILES string of the molecule is CCOC(=O)c1ccccc1NC(=O)c1ccc(CN2CCN(S(=O)(=O)CC)CC2)cc1. The van der Waals surface area contributed by atoms with Gasteiger partial charge in [0.25, 0.3) is 5.91 Å². The number of esters is 1. The molecule has 172 valence electrons. The minimum absolute atomic E-state index is 0.126. The van der Waals surface area contributed by atoms with Gasteiger partial charge >= 0.3 is 5.97 Å². The van der Waals surface area contributed by atoms with Gasteiger partial charge < -0.3 is 10.1 Å². The van der Waals surface area contributed by atoms with E-state index < -0.39 is 16.0 Å². The number of anilines is 1. The quantitative estimate of drug-likeness (QED) is 0.610. The van der Waals surface area contributed by atoms with Crippen molar-refractivity contribution in [3.8, 4) is 0 Å². The predicted molar refractivity (Wildman–Crippen MR) is 123 cm³/mol. The molecule has 0 aliphatic carbocycles. The fraction of sp³-hybridized carbons (Fsp3) is 0.391. The summed E-state index contributed by atoms with van der Waals surface area (Å²) in [4.78, 5) is 27.0. The van der Waals surface area contributed by atoms with Crippen molar-refractivity contribution in [2.75, 3.05) is 43.9 Å². The van der Waals surface area contributed by atoms with Crippen LogP contribution in [0.5, 0.6) is 0 Å². The normalized spacial score (nSPS) is 15.3. The summed E-state index contributed by atoms with van der Waals surface area (Å²) in [6, 6.07) is 14.0. The van der Waals surface area contributed by atoms with E-state index in [1.807, 2.05) is 12.1 Å². The number of rotatable bonds is 8. The molecule has 1 saturated heterocycles. The Bertz CT molecular complexity index is 1050. The van der Waals surface area contributed by atoms with E-state index in [-0.39, 0.29) is 18.3 Å². The molecule has 1 fully saturated rings. The third kappa shape index (κ3) is 5.93. The van der Waals surface area contributed by atoms with Crippen molar-refractivity contribution in [2.24, 2.45) is 0 Å². The van der Waals surface area contributed by atoms with Crippen LogP contribution in [0, 0.1) is 0 Å². The predicted octanol–water partition coefficient (Wildman–Crippen LogP) is 2.58. The number of nitrogens with zero attached hydrogens (tertiary/aromatic N) is 2. The molecular weight excluding hydrogens is 430 g/mol. The zero-order valence-corrected chi connectivity index (χ0v) is 19.2. The topological polar surface area (TPSA) is 96.0 Å². The van der Waals surface area contributed by atoms with Crippen molar-refractivity contribution in [1.82, 2.24) is 9.21 Å². The molecule has 0 saturated carbocycles. The van der Waals surface area contributed by atoms with Crippen molar-refractivity contribution in [3.05, 3.63) is 65.2 Å². The first-order valence-corrected chi connectivity index (χ1v) is 12.3. The van der Waals surface area contributed by atoms with E-state index in [1.54, 1.807) is 54.6 Å². The Morgan fingerprint density at radius 2 is 1.62 bits per heavy atom. The summed E-state index contributed by atoms with van der Waals surface area (Å²) in [7, 11) is -3.14. The van der Waals surface area contributed by atoms with Gasteiger partial charge in [0.1, 0.15) is 0 Å². The van der Waals surface area contributed by atoms with Gasteiger partial charge in [0, 0.05) is 38.3 Å². The molecule has 1 amide bonds. The van der Waals surface area contributed by atoms with Crippen LogP contribution in [0.4, 0.5) is 5.69 Å². The van der Waals surface area contributed by atoms with Gasteiger partial charge in [-0.3, -0.25) is 9.69 Å². The van der Waals surface area contributed by atoms with Crippen LogP contribution in [-0.2, 0) is 21.3 Å². The highest BCUT2D eigenvalue weighted by atomic mass is 32.2. The first kappa shape index (κ1) is 23.9. The first-order valence-electron chi connectivity index (χ1n) is 10.7. The Labute approximate surface area is 189 Å². The summed E-state index contributed by atoms with van der Waals surface area (Å²) in [6.45, 7) is 6.67. The molecule has 1 heterocycles. The van der Waals surface area contributed by atoms with Crippen LogP contribution < -0.4 is 5.32 Å². The molecule has 0 spiro atoms. The Morgan fingerprint density at radius 3 is 2.25 bits per heavy atom. The van der Waals surface area contributed by atoms with Crippen LogP contribution in [0.3, 0.4) is 0 Å². The highest BCUT2D eigenvalue weighted by Gasteiger charge is 2.25. The number of carbonyl (C=O) groups is 2. The van der Waals surface area contributed by atoms with E-state index >= 15 is 0 Å². The average molecular weight is 460 g/mol. The molecule has 1 N–H and O–H groups in total. The van der Waals surface area contributed by atoms with E-state index in [2.05, 4.69) is 10.2 Å². The molecule has 1 aliphatic heterocycles. The van der Waals surface area contributed by atoms with Gasteiger partial charge in [-0.15, -0.1) is 0 Å². The highest BCUT2D eigenvalue weighted by molar-refractivity contribution is 7.89. The molecule has 0 atom stereocenters. The Kier molecular flexibility index (Phi) is 8.00. The van der Waals surface area contributed by atoms with E-state index in [1.165, 1.54) is 0 Å². The minimum Gasteiger partial charge on any atom is -0.462 e. The smallest absolute Gasteiger partial charge is 0.340 e. The molecule has 32 heavy (non-hydrogen) atoms. The van der Waals surface area contributed by atoms with Crippen molar-refractivity contribution in [3.63, 3.8) is 0 Å². The maximum Gasteiger partial charge on any atom is 0.340 e. The van der Waals surface area contributed by atoms with Crippen molar-refractivity contribution < 1.29 is 22.7 Å². The molecule has 2 aromatic rings. The molecule has 0 bridgehead atoms. The zero-order valence-electron chi connectivity index (χ0n) is 18.4. The van der Waals surface area contributed by atoms with Crippen LogP contribution in [0.2, 0.25) is 0 Å². The number of sulfonamides is 1. The van der Waals surface area contributed by atoms with Gasteiger partial charge in [-0.05, 0) is 43.7 Å². The third-order valence-electron chi connectivity index (χ3n) is 5.38. The number of hydrogen-bond donors (Lipinski definition) is 1. The van der Waals surface area contributed by atoms with Gasteiger partial charge in [0.2, 0.25) is 10.0 Å². The second-order valence-electron chi connectivity index (χ2n) is 7.49. The lowest BCUT2D eigenvalue weighted by Crippen LogP contribution is -2.48. The summed E-state index contributed by atoms with van der Waals surface area (Å²) < 4.78 is 30.6. The van der Waals surface area contributed by atoms with E-state index in [0.717, 1.165) is 5.56 Å². The second-order valence-corrected chi connectivity index (χ2v) is 9.75. The van der Waals surface area contributed by atoms with Crippen molar-refractivity contribution in [1.29, 1.82) is 0 Å². The fourth-order valence-electron chi connectivity index (χ4n) is 3.54. The summed E-state index contributed by atoms with van der Waals surface area (Å²) >= 11 is 0. The lowest BCUT2D eigenvalue weighted by atomic mass is 10.1. The number of benzene rings is 2. The van der Waals surface area contributed by atoms with Crippen LogP contribution in [0.15, 0.2) is 48.5 Å². The van der Waals surface area contributed by atoms with Gasteiger partial charge in [-0.2, -0.15) is 4.31 Å². The van der Waals surface area contributed by atoms with Gasteiger partial charge in [-0.1, -0.05) is 24.3 Å². The minimum atomic E-state index is -3.14. The standard InChI is InChI=1S/C23H29N3O5S/c1-3-31-23(28)20-7-5-6-8-21(20)24-22(27)19-11-9-18(10-12-19)17-25-13-15-26(16-14-25)32(29,30)4-2/h5-12H,3-4,13-17H2,1-2H3,(H,24,27). The number of amides is 1. The number of piperazine rings is 1. The number of ether oxygens (including phenoxy) is 1. The molecule has 8 nitrogen and oxygen atoms in total. The molecule has 9 heteroatoms. The van der Waals surface area contributed by atoms with Crippen LogP contribution in [0.1, 0.15) is 40.1 Å². The first-order chi connectivity index (χ1) is 15.3. The lowest BCUT2D eigenvalue weighted by molar-refractivity contribution is 0.0527. The molecule has 0 aromatic heterocycles.